The molecule has 1 saturated heterocycles. The van der Waals surface area contributed by atoms with Gasteiger partial charge in [0.25, 0.3) is 0 Å². The summed E-state index contributed by atoms with van der Waals surface area (Å²) in [7, 11) is 0. The van der Waals surface area contributed by atoms with Gasteiger partial charge in [-0.25, -0.2) is 4.79 Å². The van der Waals surface area contributed by atoms with E-state index in [0.717, 1.165) is 27.3 Å². The van der Waals surface area contributed by atoms with Gasteiger partial charge in [-0.3, -0.25) is 19.4 Å². The number of rotatable bonds is 7. The highest BCUT2D eigenvalue weighted by Gasteiger charge is 2.44. The Hall–Kier alpha value is -3.15. The third-order valence-electron chi connectivity index (χ3n) is 4.21. The van der Waals surface area contributed by atoms with Crippen molar-refractivity contribution in [2.75, 3.05) is 13.2 Å². The Balaban J connectivity index is 1.60. The summed E-state index contributed by atoms with van der Waals surface area (Å²) in [4.78, 5) is 38.6. The Labute approximate surface area is 152 Å². The predicted molar refractivity (Wildman–Crippen MR) is 95.4 cm³/mol. The molecule has 134 valence electrons. The lowest BCUT2D eigenvalue weighted by molar-refractivity contribution is -0.143. The lowest BCUT2D eigenvalue weighted by Crippen LogP contribution is -2.35. The number of aryl methyl sites for hydroxylation is 1. The van der Waals surface area contributed by atoms with Gasteiger partial charge in [-0.05, 0) is 29.7 Å². The molecule has 0 bridgehead atoms. The van der Waals surface area contributed by atoms with Crippen LogP contribution in [0.5, 0.6) is 5.75 Å². The lowest BCUT2D eigenvalue weighted by atomic mass is 10.2. The first kappa shape index (κ1) is 17.7. The van der Waals surface area contributed by atoms with E-state index in [4.69, 9.17) is 4.74 Å². The van der Waals surface area contributed by atoms with Crippen molar-refractivity contribution >= 4 is 17.8 Å². The standard InChI is InChI=1S/C20H20N2O4/c1-2-15-9-6-10-17(13-15)26-12-11-21-18(23)19(24)22(20(21)25)14-16-7-4-3-5-8-16/h3-10,13H,2,11-12,14H2,1H3. The second-order valence-electron chi connectivity index (χ2n) is 5.97. The minimum absolute atomic E-state index is 0.0328. The molecule has 0 aromatic heterocycles. The van der Waals surface area contributed by atoms with Crippen LogP contribution in [-0.4, -0.2) is 40.8 Å². The van der Waals surface area contributed by atoms with Crippen molar-refractivity contribution in [2.24, 2.45) is 0 Å². The van der Waals surface area contributed by atoms with Crippen LogP contribution >= 0.6 is 0 Å². The summed E-state index contributed by atoms with van der Waals surface area (Å²) >= 11 is 0. The molecule has 1 heterocycles. The number of carbonyl (C=O) groups is 3. The van der Waals surface area contributed by atoms with Gasteiger partial charge in [0.15, 0.2) is 0 Å². The van der Waals surface area contributed by atoms with Crippen molar-refractivity contribution in [1.82, 2.24) is 9.80 Å². The maximum Gasteiger partial charge on any atom is 0.334 e. The molecule has 1 fully saturated rings. The molecule has 4 amide bonds. The smallest absolute Gasteiger partial charge is 0.334 e. The fourth-order valence-corrected chi connectivity index (χ4v) is 2.76. The summed E-state index contributed by atoms with van der Waals surface area (Å²) in [5.41, 5.74) is 1.93. The molecule has 26 heavy (non-hydrogen) atoms. The van der Waals surface area contributed by atoms with Crippen molar-refractivity contribution in [2.45, 2.75) is 19.9 Å². The molecule has 0 unspecified atom stereocenters. The van der Waals surface area contributed by atoms with Crippen molar-refractivity contribution < 1.29 is 19.1 Å². The minimum atomic E-state index is -0.808. The van der Waals surface area contributed by atoms with Crippen LogP contribution in [-0.2, 0) is 22.6 Å². The monoisotopic (exact) mass is 352 g/mol. The number of hydrogen-bond donors (Lipinski definition) is 0. The summed E-state index contributed by atoms with van der Waals surface area (Å²) < 4.78 is 5.62. The van der Waals surface area contributed by atoms with E-state index in [1.54, 1.807) is 12.1 Å². The molecular formula is C20H20N2O4. The Morgan fingerprint density at radius 2 is 1.54 bits per heavy atom. The van der Waals surface area contributed by atoms with Crippen molar-refractivity contribution in [3.63, 3.8) is 0 Å². The highest BCUT2D eigenvalue weighted by molar-refractivity contribution is 6.44. The third kappa shape index (κ3) is 3.74. The molecule has 2 aromatic carbocycles. The van der Waals surface area contributed by atoms with Crippen LogP contribution in [0.3, 0.4) is 0 Å². The molecule has 0 spiro atoms. The molecule has 0 N–H and O–H groups in total. The van der Waals surface area contributed by atoms with E-state index in [1.807, 2.05) is 49.4 Å². The molecule has 2 aromatic rings. The lowest BCUT2D eigenvalue weighted by Gasteiger charge is -2.16. The van der Waals surface area contributed by atoms with E-state index < -0.39 is 17.8 Å². The Morgan fingerprint density at radius 3 is 2.27 bits per heavy atom. The van der Waals surface area contributed by atoms with Crippen molar-refractivity contribution in [3.05, 3.63) is 65.7 Å². The molecule has 3 rings (SSSR count). The van der Waals surface area contributed by atoms with E-state index in [2.05, 4.69) is 0 Å². The quantitative estimate of drug-likeness (QED) is 0.567. The number of amides is 4. The number of nitrogens with zero attached hydrogens (tertiary/aromatic N) is 2. The Morgan fingerprint density at radius 1 is 0.846 bits per heavy atom. The van der Waals surface area contributed by atoms with Crippen LogP contribution < -0.4 is 4.74 Å². The fraction of sp³-hybridized carbons (Fsp3) is 0.250. The second kappa shape index (κ2) is 7.82. The first-order chi connectivity index (χ1) is 12.6. The van der Waals surface area contributed by atoms with Gasteiger partial charge in [0, 0.05) is 0 Å². The minimum Gasteiger partial charge on any atom is -0.492 e. The Bertz CT molecular complexity index is 820. The Kier molecular flexibility index (Phi) is 5.31. The van der Waals surface area contributed by atoms with Crippen LogP contribution in [0.4, 0.5) is 4.79 Å². The number of ether oxygens (including phenoxy) is 1. The van der Waals surface area contributed by atoms with Gasteiger partial charge in [-0.15, -0.1) is 0 Å². The molecule has 6 nitrogen and oxygen atoms in total. The van der Waals surface area contributed by atoms with Gasteiger partial charge in [0.1, 0.15) is 12.4 Å². The highest BCUT2D eigenvalue weighted by Crippen LogP contribution is 2.17. The third-order valence-corrected chi connectivity index (χ3v) is 4.21. The van der Waals surface area contributed by atoms with Gasteiger partial charge in [-0.2, -0.15) is 0 Å². The topological polar surface area (TPSA) is 66.9 Å². The molecule has 1 aliphatic rings. The van der Waals surface area contributed by atoms with Crippen LogP contribution in [0, 0.1) is 0 Å². The van der Waals surface area contributed by atoms with Crippen LogP contribution in [0.1, 0.15) is 18.1 Å². The van der Waals surface area contributed by atoms with Gasteiger partial charge in [-0.1, -0.05) is 49.4 Å². The highest BCUT2D eigenvalue weighted by atomic mass is 16.5. The summed E-state index contributed by atoms with van der Waals surface area (Å²) in [6, 6.07) is 16.1. The fourth-order valence-electron chi connectivity index (χ4n) is 2.76. The molecule has 0 saturated carbocycles. The van der Waals surface area contributed by atoms with Crippen molar-refractivity contribution in [3.8, 4) is 5.75 Å². The van der Waals surface area contributed by atoms with Crippen LogP contribution in [0.15, 0.2) is 54.6 Å². The van der Waals surface area contributed by atoms with E-state index in [0.29, 0.717) is 5.75 Å². The normalized spacial score (nSPS) is 14.3. The zero-order valence-electron chi connectivity index (χ0n) is 14.6. The summed E-state index contributed by atoms with van der Waals surface area (Å²) in [6.07, 6.45) is 0.892. The average molecular weight is 352 g/mol. The SMILES string of the molecule is CCc1cccc(OCCN2C(=O)C(=O)N(Cc3ccccc3)C2=O)c1. The van der Waals surface area contributed by atoms with Crippen LogP contribution in [0.25, 0.3) is 0 Å². The molecule has 6 heteroatoms. The number of benzene rings is 2. The molecular weight excluding hydrogens is 332 g/mol. The van der Waals surface area contributed by atoms with Gasteiger partial charge in [0.05, 0.1) is 13.1 Å². The zero-order valence-corrected chi connectivity index (χ0v) is 14.6. The van der Waals surface area contributed by atoms with Gasteiger partial charge < -0.3 is 4.74 Å². The maximum atomic E-state index is 12.4. The second-order valence-corrected chi connectivity index (χ2v) is 5.97. The van der Waals surface area contributed by atoms with Gasteiger partial charge >= 0.3 is 17.8 Å². The van der Waals surface area contributed by atoms with E-state index in [-0.39, 0.29) is 19.7 Å². The number of hydrogen-bond acceptors (Lipinski definition) is 4. The largest absolute Gasteiger partial charge is 0.492 e. The predicted octanol–water partition coefficient (Wildman–Crippen LogP) is 2.62. The van der Waals surface area contributed by atoms with E-state index >= 15 is 0 Å². The van der Waals surface area contributed by atoms with E-state index in [9.17, 15) is 14.4 Å². The summed E-state index contributed by atoms with van der Waals surface area (Å²) in [5, 5.41) is 0. The molecule has 0 aliphatic carbocycles. The zero-order chi connectivity index (χ0) is 18.5. The van der Waals surface area contributed by atoms with Crippen LogP contribution in [0.2, 0.25) is 0 Å². The molecule has 0 atom stereocenters. The first-order valence-electron chi connectivity index (χ1n) is 8.53. The molecule has 1 aliphatic heterocycles. The maximum absolute atomic E-state index is 12.4. The first-order valence-corrected chi connectivity index (χ1v) is 8.53. The average Bonchev–Trinajstić information content (AvgIpc) is 2.87. The number of urea groups is 1. The number of carbonyl (C=O) groups excluding carboxylic acids is 3. The number of imide groups is 2. The molecule has 0 radical (unpaired) electrons. The summed E-state index contributed by atoms with van der Waals surface area (Å²) in [5.74, 6) is -0.931. The van der Waals surface area contributed by atoms with E-state index in [1.165, 1.54) is 0 Å². The van der Waals surface area contributed by atoms with Gasteiger partial charge in [0.2, 0.25) is 0 Å². The van der Waals surface area contributed by atoms with Crippen molar-refractivity contribution in [1.29, 1.82) is 0 Å². The summed E-state index contributed by atoms with van der Waals surface area (Å²) in [6.45, 7) is 2.30.